The van der Waals surface area contributed by atoms with Crippen LogP contribution in [0.25, 0.3) is 0 Å². The standard InChI is InChI=1S/C17H21N3O4/c1-3-24-17(23)14-9-13(10-18)16(19-11(14)2)20-6-4-12(5-7-20)8-15(21)22/h9,12H,3-8H2,1-2H3,(H,21,22). The molecule has 1 N–H and O–H groups in total. The Kier molecular flexibility index (Phi) is 5.74. The number of hydrogen-bond donors (Lipinski definition) is 1. The lowest BCUT2D eigenvalue weighted by molar-refractivity contribution is -0.138. The van der Waals surface area contributed by atoms with Crippen LogP contribution in [-0.2, 0) is 9.53 Å². The van der Waals surface area contributed by atoms with Gasteiger partial charge < -0.3 is 14.7 Å². The Hall–Kier alpha value is -2.62. The first-order chi connectivity index (χ1) is 11.5. The van der Waals surface area contributed by atoms with Gasteiger partial charge in [0.15, 0.2) is 0 Å². The van der Waals surface area contributed by atoms with E-state index in [9.17, 15) is 14.9 Å². The third kappa shape index (κ3) is 4.02. The van der Waals surface area contributed by atoms with Crippen LogP contribution < -0.4 is 4.90 Å². The zero-order chi connectivity index (χ0) is 17.7. The Morgan fingerprint density at radius 1 is 1.46 bits per heavy atom. The highest BCUT2D eigenvalue weighted by Gasteiger charge is 2.25. The smallest absolute Gasteiger partial charge is 0.340 e. The summed E-state index contributed by atoms with van der Waals surface area (Å²) in [5.74, 6) is -0.550. The lowest BCUT2D eigenvalue weighted by Crippen LogP contribution is -2.35. The first-order valence-electron chi connectivity index (χ1n) is 8.01. The molecule has 0 saturated carbocycles. The number of nitrogens with zero attached hydrogens (tertiary/aromatic N) is 3. The van der Waals surface area contributed by atoms with E-state index in [1.54, 1.807) is 13.8 Å². The van der Waals surface area contributed by atoms with Gasteiger partial charge in [-0.1, -0.05) is 0 Å². The first kappa shape index (κ1) is 17.7. The van der Waals surface area contributed by atoms with Gasteiger partial charge in [-0.2, -0.15) is 5.26 Å². The molecule has 2 heterocycles. The molecule has 1 aliphatic heterocycles. The quantitative estimate of drug-likeness (QED) is 0.824. The highest BCUT2D eigenvalue weighted by molar-refractivity contribution is 5.91. The van der Waals surface area contributed by atoms with Crippen LogP contribution in [0.2, 0.25) is 0 Å². The minimum Gasteiger partial charge on any atom is -0.481 e. The van der Waals surface area contributed by atoms with Crippen molar-refractivity contribution in [2.75, 3.05) is 24.6 Å². The minimum absolute atomic E-state index is 0.157. The molecular formula is C17H21N3O4. The summed E-state index contributed by atoms with van der Waals surface area (Å²) in [5.41, 5.74) is 1.16. The fourth-order valence-electron chi connectivity index (χ4n) is 2.93. The Balaban J connectivity index is 2.20. The van der Waals surface area contributed by atoms with Gasteiger partial charge in [-0.05, 0) is 38.7 Å². The molecule has 0 unspecified atom stereocenters. The van der Waals surface area contributed by atoms with E-state index in [0.717, 1.165) is 12.8 Å². The number of hydrogen-bond acceptors (Lipinski definition) is 6. The fourth-order valence-corrected chi connectivity index (χ4v) is 2.93. The van der Waals surface area contributed by atoms with E-state index >= 15 is 0 Å². The van der Waals surface area contributed by atoms with E-state index in [0.29, 0.717) is 35.7 Å². The highest BCUT2D eigenvalue weighted by atomic mass is 16.5. The molecule has 0 amide bonds. The molecule has 7 nitrogen and oxygen atoms in total. The average Bonchev–Trinajstić information content (AvgIpc) is 2.55. The summed E-state index contributed by atoms with van der Waals surface area (Å²) in [6, 6.07) is 3.62. The van der Waals surface area contributed by atoms with Gasteiger partial charge >= 0.3 is 11.9 Å². The fraction of sp³-hybridized carbons (Fsp3) is 0.529. The topological polar surface area (TPSA) is 104 Å². The average molecular weight is 331 g/mol. The molecule has 1 fully saturated rings. The van der Waals surface area contributed by atoms with Crippen molar-refractivity contribution in [3.8, 4) is 6.07 Å². The molecule has 0 aliphatic carbocycles. The zero-order valence-electron chi connectivity index (χ0n) is 13.9. The molecule has 1 aromatic rings. The summed E-state index contributed by atoms with van der Waals surface area (Å²) >= 11 is 0. The summed E-state index contributed by atoms with van der Waals surface area (Å²) in [4.78, 5) is 29.2. The Labute approximate surface area is 140 Å². The Morgan fingerprint density at radius 3 is 2.67 bits per heavy atom. The van der Waals surface area contributed by atoms with Crippen LogP contribution in [0.5, 0.6) is 0 Å². The predicted molar refractivity (Wildman–Crippen MR) is 86.8 cm³/mol. The number of carboxylic acids is 1. The normalized spacial score (nSPS) is 15.0. The maximum Gasteiger partial charge on any atom is 0.340 e. The second-order valence-corrected chi connectivity index (χ2v) is 5.85. The molecule has 0 radical (unpaired) electrons. The van der Waals surface area contributed by atoms with Gasteiger partial charge in [0, 0.05) is 19.5 Å². The lowest BCUT2D eigenvalue weighted by atomic mass is 9.93. The monoisotopic (exact) mass is 331 g/mol. The maximum absolute atomic E-state index is 11.9. The molecule has 1 saturated heterocycles. The van der Waals surface area contributed by atoms with Gasteiger partial charge in [0.05, 0.1) is 23.4 Å². The van der Waals surface area contributed by atoms with Crippen molar-refractivity contribution < 1.29 is 19.4 Å². The minimum atomic E-state index is -0.779. The van der Waals surface area contributed by atoms with Crippen molar-refractivity contribution in [1.29, 1.82) is 5.26 Å². The van der Waals surface area contributed by atoms with Gasteiger partial charge in [0.2, 0.25) is 0 Å². The SMILES string of the molecule is CCOC(=O)c1cc(C#N)c(N2CCC(CC(=O)O)CC2)nc1C. The summed E-state index contributed by atoms with van der Waals surface area (Å²) in [6.45, 7) is 5.00. The van der Waals surface area contributed by atoms with Gasteiger partial charge in [-0.25, -0.2) is 9.78 Å². The number of aliphatic carboxylic acids is 1. The largest absolute Gasteiger partial charge is 0.481 e. The van der Waals surface area contributed by atoms with Crippen LogP contribution in [-0.4, -0.2) is 41.7 Å². The van der Waals surface area contributed by atoms with Crippen molar-refractivity contribution in [3.05, 3.63) is 22.9 Å². The molecular weight excluding hydrogens is 310 g/mol. The van der Waals surface area contributed by atoms with E-state index in [4.69, 9.17) is 9.84 Å². The van der Waals surface area contributed by atoms with Gasteiger partial charge in [0.25, 0.3) is 0 Å². The number of rotatable bonds is 5. The highest BCUT2D eigenvalue weighted by Crippen LogP contribution is 2.27. The van der Waals surface area contributed by atoms with E-state index in [2.05, 4.69) is 11.1 Å². The third-order valence-corrected chi connectivity index (χ3v) is 4.19. The number of esters is 1. The molecule has 2 rings (SSSR count). The van der Waals surface area contributed by atoms with Crippen LogP contribution in [0.3, 0.4) is 0 Å². The van der Waals surface area contributed by atoms with E-state index in [-0.39, 0.29) is 18.9 Å². The molecule has 0 spiro atoms. The van der Waals surface area contributed by atoms with Crippen molar-refractivity contribution in [2.45, 2.75) is 33.1 Å². The van der Waals surface area contributed by atoms with Crippen LogP contribution in [0.15, 0.2) is 6.07 Å². The number of anilines is 1. The van der Waals surface area contributed by atoms with Gasteiger partial charge in [0.1, 0.15) is 11.9 Å². The van der Waals surface area contributed by atoms with E-state index in [1.165, 1.54) is 6.07 Å². The van der Waals surface area contributed by atoms with Crippen molar-refractivity contribution in [2.24, 2.45) is 5.92 Å². The number of piperidine rings is 1. The maximum atomic E-state index is 11.9. The third-order valence-electron chi connectivity index (χ3n) is 4.19. The number of pyridine rings is 1. The number of carbonyl (C=O) groups is 2. The Morgan fingerprint density at radius 2 is 2.12 bits per heavy atom. The van der Waals surface area contributed by atoms with Crippen LogP contribution in [0.1, 0.15) is 47.8 Å². The summed E-state index contributed by atoms with van der Waals surface area (Å²) < 4.78 is 4.99. The molecule has 24 heavy (non-hydrogen) atoms. The second kappa shape index (κ2) is 7.77. The van der Waals surface area contributed by atoms with Crippen molar-refractivity contribution in [1.82, 2.24) is 4.98 Å². The second-order valence-electron chi connectivity index (χ2n) is 5.85. The number of ether oxygens (including phenoxy) is 1. The number of aryl methyl sites for hydroxylation is 1. The number of carboxylic acid groups (broad SMARTS) is 1. The van der Waals surface area contributed by atoms with Crippen LogP contribution >= 0.6 is 0 Å². The zero-order valence-corrected chi connectivity index (χ0v) is 13.9. The molecule has 128 valence electrons. The van der Waals surface area contributed by atoms with Crippen molar-refractivity contribution >= 4 is 17.8 Å². The van der Waals surface area contributed by atoms with Crippen LogP contribution in [0, 0.1) is 24.2 Å². The molecule has 1 aromatic heterocycles. The molecule has 0 bridgehead atoms. The molecule has 0 atom stereocenters. The number of nitriles is 1. The number of aromatic nitrogens is 1. The summed E-state index contributed by atoms with van der Waals surface area (Å²) in [6.07, 6.45) is 1.67. The number of carbonyl (C=O) groups excluding carboxylic acids is 1. The Bertz CT molecular complexity index is 673. The first-order valence-corrected chi connectivity index (χ1v) is 8.01. The lowest BCUT2D eigenvalue weighted by Gasteiger charge is -2.33. The van der Waals surface area contributed by atoms with Crippen molar-refractivity contribution in [3.63, 3.8) is 0 Å². The predicted octanol–water partition coefficient (Wildman–Crippen LogP) is 2.13. The molecule has 0 aromatic carbocycles. The van der Waals surface area contributed by atoms with Gasteiger partial charge in [-0.3, -0.25) is 4.79 Å². The summed E-state index contributed by atoms with van der Waals surface area (Å²) in [5, 5.41) is 18.3. The molecule has 1 aliphatic rings. The van der Waals surface area contributed by atoms with Gasteiger partial charge in [-0.15, -0.1) is 0 Å². The van der Waals surface area contributed by atoms with E-state index < -0.39 is 11.9 Å². The summed E-state index contributed by atoms with van der Waals surface area (Å²) in [7, 11) is 0. The van der Waals surface area contributed by atoms with Crippen LogP contribution in [0.4, 0.5) is 5.82 Å². The molecule has 7 heteroatoms. The van der Waals surface area contributed by atoms with E-state index in [1.807, 2.05) is 4.90 Å².